The quantitative estimate of drug-likeness (QED) is 0.543. The van der Waals surface area contributed by atoms with E-state index in [9.17, 15) is 0 Å². The second-order valence-electron chi connectivity index (χ2n) is 2.42. The molecular formula is C8H18N2. The SMILES string of the molecule is C=CNCCNC(C)CC. The van der Waals surface area contributed by atoms with Gasteiger partial charge in [0.15, 0.2) is 0 Å². The number of hydrogen-bond donors (Lipinski definition) is 2. The summed E-state index contributed by atoms with van der Waals surface area (Å²) in [7, 11) is 0. The number of rotatable bonds is 6. The van der Waals surface area contributed by atoms with Crippen molar-refractivity contribution in [3.63, 3.8) is 0 Å². The second kappa shape index (κ2) is 6.62. The standard InChI is InChI=1S/C8H18N2/c1-4-8(3)10-7-6-9-5-2/h5,8-10H,2,4,6-7H2,1,3H3. The summed E-state index contributed by atoms with van der Waals surface area (Å²) in [5, 5.41) is 6.39. The van der Waals surface area contributed by atoms with Crippen LogP contribution in [0.25, 0.3) is 0 Å². The Morgan fingerprint density at radius 1 is 1.50 bits per heavy atom. The Labute approximate surface area is 63.7 Å². The van der Waals surface area contributed by atoms with Crippen LogP contribution in [0.4, 0.5) is 0 Å². The molecule has 0 amide bonds. The van der Waals surface area contributed by atoms with Gasteiger partial charge < -0.3 is 10.6 Å². The molecule has 60 valence electrons. The van der Waals surface area contributed by atoms with Gasteiger partial charge in [-0.3, -0.25) is 0 Å². The zero-order valence-electron chi connectivity index (χ0n) is 6.98. The van der Waals surface area contributed by atoms with E-state index in [1.165, 1.54) is 6.42 Å². The van der Waals surface area contributed by atoms with Gasteiger partial charge >= 0.3 is 0 Å². The molecule has 1 atom stereocenters. The largest absolute Gasteiger partial charge is 0.390 e. The van der Waals surface area contributed by atoms with Gasteiger partial charge in [0.25, 0.3) is 0 Å². The lowest BCUT2D eigenvalue weighted by Crippen LogP contribution is -2.31. The molecule has 0 aliphatic carbocycles. The van der Waals surface area contributed by atoms with Crippen molar-refractivity contribution in [1.29, 1.82) is 0 Å². The monoisotopic (exact) mass is 142 g/mol. The third-order valence-corrected chi connectivity index (χ3v) is 1.52. The van der Waals surface area contributed by atoms with Gasteiger partial charge in [0, 0.05) is 19.1 Å². The fourth-order valence-electron chi connectivity index (χ4n) is 0.637. The lowest BCUT2D eigenvalue weighted by molar-refractivity contribution is 0.532. The normalized spacial score (nSPS) is 12.6. The molecule has 0 fully saturated rings. The first kappa shape index (κ1) is 9.50. The summed E-state index contributed by atoms with van der Waals surface area (Å²) in [6, 6.07) is 0.631. The molecule has 0 radical (unpaired) electrons. The topological polar surface area (TPSA) is 24.1 Å². The molecule has 2 heteroatoms. The van der Waals surface area contributed by atoms with E-state index in [-0.39, 0.29) is 0 Å². The highest BCUT2D eigenvalue weighted by molar-refractivity contribution is 4.65. The molecule has 0 spiro atoms. The van der Waals surface area contributed by atoms with Gasteiger partial charge in [-0.25, -0.2) is 0 Å². The molecule has 0 saturated heterocycles. The molecule has 10 heavy (non-hydrogen) atoms. The van der Waals surface area contributed by atoms with Crippen molar-refractivity contribution in [2.45, 2.75) is 26.3 Å². The minimum atomic E-state index is 0.631. The predicted molar refractivity (Wildman–Crippen MR) is 46.0 cm³/mol. The average molecular weight is 142 g/mol. The van der Waals surface area contributed by atoms with E-state index >= 15 is 0 Å². The maximum Gasteiger partial charge on any atom is 0.0266 e. The van der Waals surface area contributed by atoms with Crippen LogP contribution in [-0.4, -0.2) is 19.1 Å². The number of nitrogens with one attached hydrogen (secondary N) is 2. The van der Waals surface area contributed by atoms with Gasteiger partial charge in [-0.1, -0.05) is 13.5 Å². The number of hydrogen-bond acceptors (Lipinski definition) is 2. The van der Waals surface area contributed by atoms with Crippen LogP contribution in [0.2, 0.25) is 0 Å². The van der Waals surface area contributed by atoms with Crippen LogP contribution in [0.5, 0.6) is 0 Å². The van der Waals surface area contributed by atoms with Crippen LogP contribution >= 0.6 is 0 Å². The van der Waals surface area contributed by atoms with E-state index in [2.05, 4.69) is 31.1 Å². The molecule has 1 unspecified atom stereocenters. The van der Waals surface area contributed by atoms with Crippen LogP contribution in [0.15, 0.2) is 12.8 Å². The van der Waals surface area contributed by atoms with Gasteiger partial charge in [-0.2, -0.15) is 0 Å². The molecule has 0 aliphatic rings. The molecule has 2 N–H and O–H groups in total. The lowest BCUT2D eigenvalue weighted by atomic mass is 10.3. The van der Waals surface area contributed by atoms with Crippen molar-refractivity contribution < 1.29 is 0 Å². The highest BCUT2D eigenvalue weighted by Gasteiger charge is 1.93. The molecular weight excluding hydrogens is 124 g/mol. The van der Waals surface area contributed by atoms with Gasteiger partial charge in [-0.05, 0) is 19.5 Å². The van der Waals surface area contributed by atoms with E-state index in [1.54, 1.807) is 6.20 Å². The van der Waals surface area contributed by atoms with E-state index in [0.717, 1.165) is 13.1 Å². The molecule has 0 aromatic carbocycles. The van der Waals surface area contributed by atoms with Crippen molar-refractivity contribution in [2.75, 3.05) is 13.1 Å². The molecule has 0 aromatic heterocycles. The van der Waals surface area contributed by atoms with Gasteiger partial charge in [0.1, 0.15) is 0 Å². The summed E-state index contributed by atoms with van der Waals surface area (Å²) in [5.41, 5.74) is 0. The molecule has 0 saturated carbocycles. The van der Waals surface area contributed by atoms with Gasteiger partial charge in [-0.15, -0.1) is 0 Å². The maximum absolute atomic E-state index is 3.56. The Morgan fingerprint density at radius 3 is 2.70 bits per heavy atom. The van der Waals surface area contributed by atoms with Crippen molar-refractivity contribution >= 4 is 0 Å². The Balaban J connectivity index is 2.95. The van der Waals surface area contributed by atoms with Crippen LogP contribution < -0.4 is 10.6 Å². The molecule has 0 rings (SSSR count). The zero-order valence-corrected chi connectivity index (χ0v) is 6.98. The Morgan fingerprint density at radius 2 is 2.20 bits per heavy atom. The van der Waals surface area contributed by atoms with Crippen LogP contribution in [-0.2, 0) is 0 Å². The first-order valence-corrected chi connectivity index (χ1v) is 3.89. The van der Waals surface area contributed by atoms with Crippen molar-refractivity contribution in [3.8, 4) is 0 Å². The molecule has 0 aromatic rings. The fourth-order valence-corrected chi connectivity index (χ4v) is 0.637. The van der Waals surface area contributed by atoms with Gasteiger partial charge in [0.2, 0.25) is 0 Å². The Kier molecular flexibility index (Phi) is 6.29. The Hall–Kier alpha value is -0.500. The smallest absolute Gasteiger partial charge is 0.0266 e. The van der Waals surface area contributed by atoms with E-state index < -0.39 is 0 Å². The van der Waals surface area contributed by atoms with Crippen molar-refractivity contribution in [1.82, 2.24) is 10.6 Å². The predicted octanol–water partition coefficient (Wildman–Crippen LogP) is 1.11. The average Bonchev–Trinajstić information content (AvgIpc) is 1.98. The van der Waals surface area contributed by atoms with Crippen molar-refractivity contribution in [2.24, 2.45) is 0 Å². The highest BCUT2D eigenvalue weighted by Crippen LogP contribution is 1.84. The summed E-state index contributed by atoms with van der Waals surface area (Å²) < 4.78 is 0. The lowest BCUT2D eigenvalue weighted by Gasteiger charge is -2.10. The Bertz CT molecular complexity index is 81.3. The molecule has 0 heterocycles. The summed E-state index contributed by atoms with van der Waals surface area (Å²) in [6.07, 6.45) is 2.91. The van der Waals surface area contributed by atoms with E-state index in [1.807, 2.05) is 0 Å². The fraction of sp³-hybridized carbons (Fsp3) is 0.750. The summed E-state index contributed by atoms with van der Waals surface area (Å²) in [6.45, 7) is 9.91. The zero-order chi connectivity index (χ0) is 7.82. The van der Waals surface area contributed by atoms with Crippen molar-refractivity contribution in [3.05, 3.63) is 12.8 Å². The highest BCUT2D eigenvalue weighted by atomic mass is 14.9. The second-order valence-corrected chi connectivity index (χ2v) is 2.42. The van der Waals surface area contributed by atoms with Crippen LogP contribution in [0.3, 0.4) is 0 Å². The summed E-state index contributed by atoms with van der Waals surface area (Å²) in [5.74, 6) is 0. The maximum atomic E-state index is 3.56. The molecule has 2 nitrogen and oxygen atoms in total. The first-order chi connectivity index (χ1) is 4.81. The van der Waals surface area contributed by atoms with Crippen LogP contribution in [0, 0.1) is 0 Å². The molecule has 0 bridgehead atoms. The third-order valence-electron chi connectivity index (χ3n) is 1.52. The first-order valence-electron chi connectivity index (χ1n) is 3.89. The van der Waals surface area contributed by atoms with E-state index in [0.29, 0.717) is 6.04 Å². The van der Waals surface area contributed by atoms with E-state index in [4.69, 9.17) is 0 Å². The van der Waals surface area contributed by atoms with Crippen LogP contribution in [0.1, 0.15) is 20.3 Å². The summed E-state index contributed by atoms with van der Waals surface area (Å²) in [4.78, 5) is 0. The minimum Gasteiger partial charge on any atom is -0.390 e. The van der Waals surface area contributed by atoms with Gasteiger partial charge in [0.05, 0.1) is 0 Å². The summed E-state index contributed by atoms with van der Waals surface area (Å²) >= 11 is 0. The molecule has 0 aliphatic heterocycles. The minimum absolute atomic E-state index is 0.631. The third kappa shape index (κ3) is 5.63.